The second-order valence-corrected chi connectivity index (χ2v) is 3.89. The van der Waals surface area contributed by atoms with E-state index in [9.17, 15) is 0 Å². The first-order valence-corrected chi connectivity index (χ1v) is 5.83. The van der Waals surface area contributed by atoms with Gasteiger partial charge in [0.05, 0.1) is 0 Å². The number of nitrogens with one attached hydrogen (secondary N) is 2. The fourth-order valence-corrected chi connectivity index (χ4v) is 1.68. The van der Waals surface area contributed by atoms with Gasteiger partial charge >= 0.3 is 0 Å². The Morgan fingerprint density at radius 3 is 2.33 bits per heavy atom. The average molecular weight is 240 g/mol. The number of rotatable bonds is 2. The summed E-state index contributed by atoms with van der Waals surface area (Å²) in [4.78, 5) is 3.12. The summed E-state index contributed by atoms with van der Waals surface area (Å²) >= 11 is 0. The van der Waals surface area contributed by atoms with E-state index >= 15 is 0 Å². The van der Waals surface area contributed by atoms with Gasteiger partial charge in [0.1, 0.15) is 0 Å². The van der Waals surface area contributed by atoms with Crippen LogP contribution in [0.4, 0.5) is 0 Å². The Labute approximate surface area is 106 Å². The maximum absolute atomic E-state index is 8.27. The Kier molecular flexibility index (Phi) is 4.53. The Bertz CT molecular complexity index is 545. The van der Waals surface area contributed by atoms with E-state index in [0.29, 0.717) is 6.54 Å². The van der Waals surface area contributed by atoms with Crippen molar-refractivity contribution in [3.8, 4) is 0 Å². The minimum atomic E-state index is 0.515. The van der Waals surface area contributed by atoms with Crippen molar-refractivity contribution in [1.29, 1.82) is 0 Å². The van der Waals surface area contributed by atoms with Crippen LogP contribution in [0.5, 0.6) is 0 Å². The number of aromatic nitrogens is 1. The number of aromatic amines is 1. The second-order valence-electron chi connectivity index (χ2n) is 3.89. The second kappa shape index (κ2) is 6.59. The molecule has 1 aromatic heterocycles. The van der Waals surface area contributed by atoms with Crippen LogP contribution in [0.25, 0.3) is 10.9 Å². The van der Waals surface area contributed by atoms with Crippen molar-refractivity contribution in [2.45, 2.75) is 6.54 Å². The number of hydrogen-bond donors (Lipinski definition) is 3. The van der Waals surface area contributed by atoms with Crippen molar-refractivity contribution >= 4 is 10.9 Å². The van der Waals surface area contributed by atoms with Crippen molar-refractivity contribution in [2.75, 3.05) is 0 Å². The molecule has 2 aromatic carbocycles. The van der Waals surface area contributed by atoms with Crippen molar-refractivity contribution in [3.63, 3.8) is 0 Å². The maximum atomic E-state index is 8.27. The van der Waals surface area contributed by atoms with Crippen LogP contribution < -0.4 is 5.48 Å². The summed E-state index contributed by atoms with van der Waals surface area (Å²) in [6, 6.07) is 20.0. The number of benzene rings is 2. The largest absolute Gasteiger partial charge is 0.361 e. The number of hydrogen-bond acceptors (Lipinski definition) is 2. The average Bonchev–Trinajstić information content (AvgIpc) is 2.89. The first-order chi connectivity index (χ1) is 8.90. The molecule has 1 heterocycles. The van der Waals surface area contributed by atoms with Crippen LogP contribution in [-0.2, 0) is 6.54 Å². The van der Waals surface area contributed by atoms with E-state index in [4.69, 9.17) is 5.21 Å². The summed E-state index contributed by atoms with van der Waals surface area (Å²) in [5.41, 5.74) is 4.37. The predicted octanol–water partition coefficient (Wildman–Crippen LogP) is 3.33. The molecule has 0 saturated carbocycles. The van der Waals surface area contributed by atoms with Gasteiger partial charge < -0.3 is 10.2 Å². The van der Waals surface area contributed by atoms with E-state index in [1.54, 1.807) is 0 Å². The van der Waals surface area contributed by atoms with Gasteiger partial charge in [-0.3, -0.25) is 0 Å². The van der Waals surface area contributed by atoms with Crippen LogP contribution >= 0.6 is 0 Å². The topological polar surface area (TPSA) is 48.0 Å². The molecule has 92 valence electrons. The number of H-pyrrole nitrogens is 1. The van der Waals surface area contributed by atoms with E-state index in [2.05, 4.69) is 28.7 Å². The Morgan fingerprint density at radius 2 is 1.61 bits per heavy atom. The van der Waals surface area contributed by atoms with Crippen molar-refractivity contribution in [2.24, 2.45) is 0 Å². The zero-order valence-electron chi connectivity index (χ0n) is 10.0. The summed E-state index contributed by atoms with van der Waals surface area (Å²) in [6.07, 6.45) is 1.95. The highest BCUT2D eigenvalue weighted by Gasteiger charge is 1.86. The zero-order chi connectivity index (χ0) is 12.6. The van der Waals surface area contributed by atoms with Gasteiger partial charge in [-0.2, -0.15) is 0 Å². The van der Waals surface area contributed by atoms with Gasteiger partial charge in [-0.1, -0.05) is 48.5 Å². The predicted molar refractivity (Wildman–Crippen MR) is 73.4 cm³/mol. The number of para-hydroxylation sites is 1. The molecule has 0 aliphatic carbocycles. The molecule has 0 radical (unpaired) electrons. The molecule has 0 amide bonds. The molecule has 3 N–H and O–H groups in total. The van der Waals surface area contributed by atoms with Crippen LogP contribution in [0.3, 0.4) is 0 Å². The van der Waals surface area contributed by atoms with Gasteiger partial charge in [-0.25, -0.2) is 5.48 Å². The normalized spacial score (nSPS) is 9.83. The number of hydroxylamine groups is 1. The first-order valence-electron chi connectivity index (χ1n) is 5.83. The molecular weight excluding hydrogens is 224 g/mol. The van der Waals surface area contributed by atoms with Crippen molar-refractivity contribution in [1.82, 2.24) is 10.5 Å². The molecule has 3 rings (SSSR count). The van der Waals surface area contributed by atoms with Crippen molar-refractivity contribution in [3.05, 3.63) is 72.4 Å². The molecule has 0 aliphatic heterocycles. The molecule has 0 unspecified atom stereocenters. The minimum absolute atomic E-state index is 0.515. The Hall–Kier alpha value is -2.10. The van der Waals surface area contributed by atoms with Crippen molar-refractivity contribution < 1.29 is 5.21 Å². The molecule has 0 aliphatic rings. The number of fused-ring (bicyclic) bond motifs is 1. The standard InChI is InChI=1S/C8H7N.C7H9NO/c1-2-4-8-7(3-1)5-6-9-8;9-8-6-7-4-2-1-3-5-7/h1-6,9H;1-5,8-9H,6H2. The van der Waals surface area contributed by atoms with E-state index in [1.807, 2.05) is 48.7 Å². The third-order valence-corrected chi connectivity index (χ3v) is 2.59. The highest BCUT2D eigenvalue weighted by atomic mass is 16.5. The first kappa shape index (κ1) is 12.4. The molecule has 0 saturated heterocycles. The lowest BCUT2D eigenvalue weighted by Crippen LogP contribution is -2.05. The lowest BCUT2D eigenvalue weighted by molar-refractivity contribution is 0.161. The molecule has 3 nitrogen and oxygen atoms in total. The minimum Gasteiger partial charge on any atom is -0.361 e. The van der Waals surface area contributed by atoms with Crippen LogP contribution in [0.2, 0.25) is 0 Å². The fraction of sp³-hybridized carbons (Fsp3) is 0.0667. The monoisotopic (exact) mass is 240 g/mol. The maximum Gasteiger partial charge on any atom is 0.0458 e. The lowest BCUT2D eigenvalue weighted by atomic mass is 10.2. The molecule has 0 fully saturated rings. The molecule has 0 spiro atoms. The smallest absolute Gasteiger partial charge is 0.0458 e. The van der Waals surface area contributed by atoms with Gasteiger partial charge in [-0.05, 0) is 23.1 Å². The molecule has 0 bridgehead atoms. The van der Waals surface area contributed by atoms with Gasteiger partial charge in [-0.15, -0.1) is 0 Å². The summed E-state index contributed by atoms with van der Waals surface area (Å²) in [6.45, 7) is 0.515. The Balaban J connectivity index is 0.000000134. The molecular formula is C15H16N2O. The SMILES string of the molecule is ONCc1ccccc1.c1ccc2[nH]ccc2c1. The third kappa shape index (κ3) is 3.45. The quantitative estimate of drug-likeness (QED) is 0.602. The van der Waals surface area contributed by atoms with Crippen LogP contribution in [-0.4, -0.2) is 10.2 Å². The van der Waals surface area contributed by atoms with Crippen LogP contribution in [0, 0.1) is 0 Å². The van der Waals surface area contributed by atoms with E-state index in [1.165, 1.54) is 10.9 Å². The fourth-order valence-electron chi connectivity index (χ4n) is 1.68. The van der Waals surface area contributed by atoms with Gasteiger partial charge in [0.2, 0.25) is 0 Å². The van der Waals surface area contributed by atoms with E-state index < -0.39 is 0 Å². The highest BCUT2D eigenvalue weighted by Crippen LogP contribution is 2.09. The van der Waals surface area contributed by atoms with Gasteiger partial charge in [0.15, 0.2) is 0 Å². The molecule has 0 atom stereocenters. The van der Waals surface area contributed by atoms with Gasteiger partial charge in [0.25, 0.3) is 0 Å². The molecule has 18 heavy (non-hydrogen) atoms. The summed E-state index contributed by atoms with van der Waals surface area (Å²) in [5.74, 6) is 0. The molecule has 3 aromatic rings. The summed E-state index contributed by atoms with van der Waals surface area (Å²) in [5, 5.41) is 9.55. The van der Waals surface area contributed by atoms with Crippen LogP contribution in [0.15, 0.2) is 66.9 Å². The van der Waals surface area contributed by atoms with Gasteiger partial charge in [0, 0.05) is 18.3 Å². The molecule has 3 heteroatoms. The van der Waals surface area contributed by atoms with Crippen LogP contribution in [0.1, 0.15) is 5.56 Å². The third-order valence-electron chi connectivity index (χ3n) is 2.59. The summed E-state index contributed by atoms with van der Waals surface area (Å²) < 4.78 is 0. The summed E-state index contributed by atoms with van der Waals surface area (Å²) in [7, 11) is 0. The highest BCUT2D eigenvalue weighted by molar-refractivity contribution is 5.78. The van der Waals surface area contributed by atoms with E-state index in [-0.39, 0.29) is 0 Å². The lowest BCUT2D eigenvalue weighted by Gasteiger charge is -1.94. The van der Waals surface area contributed by atoms with E-state index in [0.717, 1.165) is 5.56 Å². The Morgan fingerprint density at radius 1 is 0.889 bits per heavy atom. The zero-order valence-corrected chi connectivity index (χ0v) is 10.0.